The van der Waals surface area contributed by atoms with Crippen molar-refractivity contribution in [3.05, 3.63) is 18.3 Å². The number of hydrogen-bond donors (Lipinski definition) is 1. The second-order valence-corrected chi connectivity index (χ2v) is 6.31. The fourth-order valence-electron chi connectivity index (χ4n) is 1.27. The predicted molar refractivity (Wildman–Crippen MR) is 65.4 cm³/mol. The number of nitrogens with one attached hydrogen (secondary N) is 1. The molecule has 94 valence electrons. The first-order valence-electron chi connectivity index (χ1n) is 5.25. The Morgan fingerprint density at radius 2 is 2.12 bits per heavy atom. The maximum absolute atomic E-state index is 11.5. The van der Waals surface area contributed by atoms with E-state index in [9.17, 15) is 13.2 Å². The molecule has 0 aromatic carbocycles. The smallest absolute Gasteiger partial charge is 0.225 e. The molecule has 1 rings (SSSR count). The SMILES string of the molecule is CC(C)CC(=O)Nc1cc(S(C)(=O)=O)ccn1. The molecule has 1 amide bonds. The van der Waals surface area contributed by atoms with E-state index in [0.717, 1.165) is 6.26 Å². The summed E-state index contributed by atoms with van der Waals surface area (Å²) < 4.78 is 22.6. The Morgan fingerprint density at radius 1 is 1.47 bits per heavy atom. The van der Waals surface area contributed by atoms with E-state index in [4.69, 9.17) is 0 Å². The third kappa shape index (κ3) is 4.52. The number of rotatable bonds is 4. The lowest BCUT2D eigenvalue weighted by atomic mass is 10.1. The lowest BCUT2D eigenvalue weighted by Gasteiger charge is -2.07. The molecule has 0 fully saturated rings. The minimum absolute atomic E-state index is 0.146. The molecule has 0 radical (unpaired) electrons. The van der Waals surface area contributed by atoms with Crippen molar-refractivity contribution < 1.29 is 13.2 Å². The predicted octanol–water partition coefficient (Wildman–Crippen LogP) is 1.47. The Labute approximate surface area is 101 Å². The zero-order valence-electron chi connectivity index (χ0n) is 10.1. The van der Waals surface area contributed by atoms with Gasteiger partial charge in [-0.15, -0.1) is 0 Å². The van der Waals surface area contributed by atoms with Crippen LogP contribution in [0.1, 0.15) is 20.3 Å². The van der Waals surface area contributed by atoms with Crippen LogP contribution in [0.3, 0.4) is 0 Å². The molecule has 1 aromatic heterocycles. The number of carbonyl (C=O) groups is 1. The highest BCUT2D eigenvalue weighted by molar-refractivity contribution is 7.90. The molecule has 0 aliphatic heterocycles. The molecule has 0 unspecified atom stereocenters. The van der Waals surface area contributed by atoms with Gasteiger partial charge in [0, 0.05) is 18.9 Å². The van der Waals surface area contributed by atoms with Crippen molar-refractivity contribution >= 4 is 21.6 Å². The van der Waals surface area contributed by atoms with E-state index < -0.39 is 9.84 Å². The second kappa shape index (κ2) is 5.27. The Bertz CT molecular complexity index is 509. The van der Waals surface area contributed by atoms with E-state index in [-0.39, 0.29) is 22.5 Å². The van der Waals surface area contributed by atoms with Crippen LogP contribution in [0.4, 0.5) is 5.82 Å². The number of anilines is 1. The molecule has 0 saturated carbocycles. The molecular formula is C11H16N2O3S. The summed E-state index contributed by atoms with van der Waals surface area (Å²) in [5.41, 5.74) is 0. The van der Waals surface area contributed by atoms with Gasteiger partial charge < -0.3 is 5.32 Å². The highest BCUT2D eigenvalue weighted by atomic mass is 32.2. The molecule has 1 aromatic rings. The van der Waals surface area contributed by atoms with Crippen LogP contribution >= 0.6 is 0 Å². The lowest BCUT2D eigenvalue weighted by Crippen LogP contribution is -2.15. The molecule has 1 heterocycles. The molecule has 0 spiro atoms. The van der Waals surface area contributed by atoms with Crippen molar-refractivity contribution in [3.63, 3.8) is 0 Å². The van der Waals surface area contributed by atoms with Crippen molar-refractivity contribution in [2.45, 2.75) is 25.2 Å². The van der Waals surface area contributed by atoms with Gasteiger partial charge in [0.2, 0.25) is 5.91 Å². The quantitative estimate of drug-likeness (QED) is 0.885. The number of pyridine rings is 1. The van der Waals surface area contributed by atoms with E-state index in [1.54, 1.807) is 0 Å². The van der Waals surface area contributed by atoms with E-state index >= 15 is 0 Å². The second-order valence-electron chi connectivity index (χ2n) is 4.30. The van der Waals surface area contributed by atoms with E-state index in [2.05, 4.69) is 10.3 Å². The normalized spacial score (nSPS) is 11.5. The third-order valence-electron chi connectivity index (χ3n) is 2.02. The van der Waals surface area contributed by atoms with Gasteiger partial charge in [-0.05, 0) is 18.1 Å². The van der Waals surface area contributed by atoms with Gasteiger partial charge in [0.25, 0.3) is 0 Å². The summed E-state index contributed by atoms with van der Waals surface area (Å²) >= 11 is 0. The van der Waals surface area contributed by atoms with Crippen LogP contribution in [0.15, 0.2) is 23.2 Å². The van der Waals surface area contributed by atoms with Crippen molar-refractivity contribution in [2.75, 3.05) is 11.6 Å². The average molecular weight is 256 g/mol. The zero-order chi connectivity index (χ0) is 13.1. The lowest BCUT2D eigenvalue weighted by molar-refractivity contribution is -0.116. The van der Waals surface area contributed by atoms with Crippen LogP contribution in [-0.2, 0) is 14.6 Å². The monoisotopic (exact) mass is 256 g/mol. The maximum atomic E-state index is 11.5. The van der Waals surface area contributed by atoms with Crippen molar-refractivity contribution in [3.8, 4) is 0 Å². The molecule has 17 heavy (non-hydrogen) atoms. The highest BCUT2D eigenvalue weighted by Gasteiger charge is 2.10. The highest BCUT2D eigenvalue weighted by Crippen LogP contribution is 2.13. The summed E-state index contributed by atoms with van der Waals surface area (Å²) in [7, 11) is -3.28. The molecule has 0 aliphatic carbocycles. The molecule has 5 nitrogen and oxygen atoms in total. The number of hydrogen-bond acceptors (Lipinski definition) is 4. The summed E-state index contributed by atoms with van der Waals surface area (Å²) in [4.78, 5) is 15.5. The van der Waals surface area contributed by atoms with Crippen LogP contribution in [0.2, 0.25) is 0 Å². The number of nitrogens with zero attached hydrogens (tertiary/aromatic N) is 1. The molecule has 0 aliphatic rings. The van der Waals surface area contributed by atoms with Gasteiger partial charge in [-0.2, -0.15) is 0 Å². The van der Waals surface area contributed by atoms with Crippen molar-refractivity contribution in [1.29, 1.82) is 0 Å². The number of amides is 1. The Kier molecular flexibility index (Phi) is 4.22. The largest absolute Gasteiger partial charge is 0.311 e. The summed E-state index contributed by atoms with van der Waals surface area (Å²) in [5.74, 6) is 0.338. The molecular weight excluding hydrogens is 240 g/mol. The van der Waals surface area contributed by atoms with Crippen LogP contribution < -0.4 is 5.32 Å². The topological polar surface area (TPSA) is 76.1 Å². The van der Waals surface area contributed by atoms with Crippen molar-refractivity contribution in [2.24, 2.45) is 5.92 Å². The van der Waals surface area contributed by atoms with Crippen LogP contribution in [0.5, 0.6) is 0 Å². The third-order valence-corrected chi connectivity index (χ3v) is 3.13. The fraction of sp³-hybridized carbons (Fsp3) is 0.455. The summed E-state index contributed by atoms with van der Waals surface area (Å²) in [6.07, 6.45) is 2.86. The average Bonchev–Trinajstić information content (AvgIpc) is 2.15. The van der Waals surface area contributed by atoms with E-state index in [1.165, 1.54) is 18.3 Å². The standard InChI is InChI=1S/C11H16N2O3S/c1-8(2)6-11(14)13-10-7-9(4-5-12-10)17(3,15)16/h4-5,7-8H,6H2,1-3H3,(H,12,13,14). The fourth-order valence-corrected chi connectivity index (χ4v) is 1.91. The first kappa shape index (κ1) is 13.6. The van der Waals surface area contributed by atoms with Crippen LogP contribution in [0, 0.1) is 5.92 Å². The minimum atomic E-state index is -3.28. The number of aromatic nitrogens is 1. The Hall–Kier alpha value is -1.43. The summed E-state index contributed by atoms with van der Waals surface area (Å²) in [6.45, 7) is 3.86. The van der Waals surface area contributed by atoms with Crippen molar-refractivity contribution in [1.82, 2.24) is 4.98 Å². The van der Waals surface area contributed by atoms with Gasteiger partial charge in [0.1, 0.15) is 5.82 Å². The zero-order valence-corrected chi connectivity index (χ0v) is 10.9. The van der Waals surface area contributed by atoms with Crippen LogP contribution in [0.25, 0.3) is 0 Å². The van der Waals surface area contributed by atoms with E-state index in [1.807, 2.05) is 13.8 Å². The maximum Gasteiger partial charge on any atom is 0.225 e. The Balaban J connectivity index is 2.83. The molecule has 0 bridgehead atoms. The van der Waals surface area contributed by atoms with E-state index in [0.29, 0.717) is 6.42 Å². The number of sulfone groups is 1. The van der Waals surface area contributed by atoms with Gasteiger partial charge in [-0.1, -0.05) is 13.8 Å². The molecule has 0 saturated heterocycles. The number of carbonyl (C=O) groups excluding carboxylic acids is 1. The molecule has 6 heteroatoms. The minimum Gasteiger partial charge on any atom is -0.311 e. The van der Waals surface area contributed by atoms with Gasteiger partial charge >= 0.3 is 0 Å². The summed E-state index contributed by atoms with van der Waals surface area (Å²) in [6, 6.07) is 2.75. The molecule has 0 atom stereocenters. The molecule has 1 N–H and O–H groups in total. The summed E-state index contributed by atoms with van der Waals surface area (Å²) in [5, 5.41) is 2.57. The van der Waals surface area contributed by atoms with Gasteiger partial charge in [-0.25, -0.2) is 13.4 Å². The van der Waals surface area contributed by atoms with Gasteiger partial charge in [0.05, 0.1) is 4.90 Å². The first-order chi connectivity index (χ1) is 7.79. The van der Waals surface area contributed by atoms with Gasteiger partial charge in [0.15, 0.2) is 9.84 Å². The first-order valence-corrected chi connectivity index (χ1v) is 7.14. The van der Waals surface area contributed by atoms with Gasteiger partial charge in [-0.3, -0.25) is 4.79 Å². The Morgan fingerprint density at radius 3 is 2.65 bits per heavy atom. The van der Waals surface area contributed by atoms with Crippen LogP contribution in [-0.4, -0.2) is 25.6 Å².